The maximum atomic E-state index is 11.1. The first-order valence-corrected chi connectivity index (χ1v) is 5.39. The number of hydrogen-bond acceptors (Lipinski definition) is 3. The van der Waals surface area contributed by atoms with Crippen LogP contribution in [0.25, 0.3) is 0 Å². The number of Topliss-reactive ketones (excluding diaryl/α,β-unsaturated/α-hetero) is 1. The molecular formula is C12H16N2O. The van der Waals surface area contributed by atoms with Crippen LogP contribution in [0.1, 0.15) is 30.8 Å². The summed E-state index contributed by atoms with van der Waals surface area (Å²) in [6, 6.07) is 3.79. The van der Waals surface area contributed by atoms with Gasteiger partial charge in [0.05, 0.1) is 11.9 Å². The zero-order chi connectivity index (χ0) is 10.8. The van der Waals surface area contributed by atoms with Crippen LogP contribution in [0.3, 0.4) is 0 Å². The van der Waals surface area contributed by atoms with Crippen molar-refractivity contribution in [3.05, 3.63) is 24.0 Å². The quantitative estimate of drug-likeness (QED) is 0.692. The minimum Gasteiger partial charge on any atom is -0.370 e. The number of rotatable bonds is 2. The van der Waals surface area contributed by atoms with E-state index in [0.29, 0.717) is 5.69 Å². The van der Waals surface area contributed by atoms with E-state index < -0.39 is 0 Å². The molecule has 2 rings (SSSR count). The van der Waals surface area contributed by atoms with Crippen molar-refractivity contribution in [1.29, 1.82) is 0 Å². The SMILES string of the molecule is CC(=O)c1ccc(N2CCC(C)C2)cn1. The highest BCUT2D eigenvalue weighted by Crippen LogP contribution is 2.22. The molecule has 3 nitrogen and oxygen atoms in total. The normalized spacial score (nSPS) is 20.7. The van der Waals surface area contributed by atoms with E-state index in [2.05, 4.69) is 16.8 Å². The number of aromatic nitrogens is 1. The van der Waals surface area contributed by atoms with Crippen molar-refractivity contribution in [2.75, 3.05) is 18.0 Å². The summed E-state index contributed by atoms with van der Waals surface area (Å²) in [5, 5.41) is 0. The molecule has 1 aliphatic heterocycles. The summed E-state index contributed by atoms with van der Waals surface area (Å²) in [7, 11) is 0. The molecule has 0 saturated carbocycles. The molecule has 1 aromatic heterocycles. The van der Waals surface area contributed by atoms with Gasteiger partial charge in [-0.3, -0.25) is 9.78 Å². The fourth-order valence-electron chi connectivity index (χ4n) is 1.95. The van der Waals surface area contributed by atoms with Gasteiger partial charge in [0.1, 0.15) is 5.69 Å². The second-order valence-corrected chi connectivity index (χ2v) is 4.30. The Kier molecular flexibility index (Phi) is 2.71. The fraction of sp³-hybridized carbons (Fsp3) is 0.500. The van der Waals surface area contributed by atoms with Gasteiger partial charge in [0.25, 0.3) is 0 Å². The predicted octanol–water partition coefficient (Wildman–Crippen LogP) is 2.13. The molecule has 1 atom stereocenters. The molecule has 1 fully saturated rings. The van der Waals surface area contributed by atoms with Crippen LogP contribution >= 0.6 is 0 Å². The Morgan fingerprint density at radius 3 is 2.80 bits per heavy atom. The summed E-state index contributed by atoms with van der Waals surface area (Å²) in [5.41, 5.74) is 1.68. The van der Waals surface area contributed by atoms with Crippen molar-refractivity contribution in [3.8, 4) is 0 Å². The molecule has 0 amide bonds. The molecule has 1 unspecified atom stereocenters. The number of ketones is 1. The average molecular weight is 204 g/mol. The molecule has 0 radical (unpaired) electrons. The Balaban J connectivity index is 2.13. The standard InChI is InChI=1S/C12H16N2O/c1-9-5-6-14(8-9)11-3-4-12(10(2)15)13-7-11/h3-4,7,9H,5-6,8H2,1-2H3. The van der Waals surface area contributed by atoms with Crippen LogP contribution in [0.2, 0.25) is 0 Å². The van der Waals surface area contributed by atoms with Gasteiger partial charge in [-0.05, 0) is 24.5 Å². The maximum absolute atomic E-state index is 11.1. The van der Waals surface area contributed by atoms with E-state index >= 15 is 0 Å². The van der Waals surface area contributed by atoms with Crippen molar-refractivity contribution in [1.82, 2.24) is 4.98 Å². The summed E-state index contributed by atoms with van der Waals surface area (Å²) in [6.07, 6.45) is 3.04. The molecule has 1 saturated heterocycles. The summed E-state index contributed by atoms with van der Waals surface area (Å²) >= 11 is 0. The monoisotopic (exact) mass is 204 g/mol. The Bertz CT molecular complexity index is 358. The molecule has 0 N–H and O–H groups in total. The molecule has 0 spiro atoms. The van der Waals surface area contributed by atoms with Crippen LogP contribution in [0, 0.1) is 5.92 Å². The van der Waals surface area contributed by atoms with Crippen molar-refractivity contribution in [2.24, 2.45) is 5.92 Å². The summed E-state index contributed by atoms with van der Waals surface area (Å²) in [6.45, 7) is 6.00. The number of anilines is 1. The second kappa shape index (κ2) is 4.01. The predicted molar refractivity (Wildman–Crippen MR) is 60.2 cm³/mol. The van der Waals surface area contributed by atoms with E-state index in [-0.39, 0.29) is 5.78 Å². The molecule has 3 heteroatoms. The minimum absolute atomic E-state index is 0.0244. The lowest BCUT2D eigenvalue weighted by Crippen LogP contribution is -2.19. The van der Waals surface area contributed by atoms with Gasteiger partial charge in [0, 0.05) is 20.0 Å². The number of hydrogen-bond donors (Lipinski definition) is 0. The highest BCUT2D eigenvalue weighted by Gasteiger charge is 2.18. The first-order chi connectivity index (χ1) is 7.16. The summed E-state index contributed by atoms with van der Waals surface area (Å²) in [5.74, 6) is 0.786. The number of nitrogens with zero attached hydrogens (tertiary/aromatic N) is 2. The topological polar surface area (TPSA) is 33.2 Å². The van der Waals surface area contributed by atoms with Crippen molar-refractivity contribution < 1.29 is 4.79 Å². The van der Waals surface area contributed by atoms with Crippen LogP contribution in [0.5, 0.6) is 0 Å². The van der Waals surface area contributed by atoms with Crippen LogP contribution in [0.4, 0.5) is 5.69 Å². The molecule has 2 heterocycles. The lowest BCUT2D eigenvalue weighted by molar-refractivity contribution is 0.101. The minimum atomic E-state index is 0.0244. The Labute approximate surface area is 90.1 Å². The molecule has 1 aromatic rings. The lowest BCUT2D eigenvalue weighted by atomic mass is 10.2. The fourth-order valence-corrected chi connectivity index (χ4v) is 1.95. The van der Waals surface area contributed by atoms with Gasteiger partial charge in [0.2, 0.25) is 0 Å². The number of carbonyl (C=O) groups is 1. The van der Waals surface area contributed by atoms with Crippen molar-refractivity contribution in [3.63, 3.8) is 0 Å². The molecule has 0 aromatic carbocycles. The van der Waals surface area contributed by atoms with Gasteiger partial charge < -0.3 is 4.90 Å². The van der Waals surface area contributed by atoms with Crippen LogP contribution in [-0.4, -0.2) is 23.9 Å². The van der Waals surface area contributed by atoms with Crippen LogP contribution in [0.15, 0.2) is 18.3 Å². The Morgan fingerprint density at radius 1 is 1.53 bits per heavy atom. The largest absolute Gasteiger partial charge is 0.370 e. The zero-order valence-electron chi connectivity index (χ0n) is 9.23. The maximum Gasteiger partial charge on any atom is 0.178 e. The average Bonchev–Trinajstić information content (AvgIpc) is 2.65. The van der Waals surface area contributed by atoms with Crippen molar-refractivity contribution in [2.45, 2.75) is 20.3 Å². The molecule has 0 aliphatic carbocycles. The molecule has 0 bridgehead atoms. The van der Waals surface area contributed by atoms with Gasteiger partial charge in [0.15, 0.2) is 5.78 Å². The third-order valence-corrected chi connectivity index (χ3v) is 2.90. The highest BCUT2D eigenvalue weighted by molar-refractivity contribution is 5.92. The molecule has 80 valence electrons. The smallest absolute Gasteiger partial charge is 0.178 e. The third-order valence-electron chi connectivity index (χ3n) is 2.90. The van der Waals surface area contributed by atoms with E-state index in [4.69, 9.17) is 0 Å². The van der Waals surface area contributed by atoms with Crippen LogP contribution in [-0.2, 0) is 0 Å². The number of pyridine rings is 1. The first kappa shape index (κ1) is 10.1. The van der Waals surface area contributed by atoms with Gasteiger partial charge in [-0.2, -0.15) is 0 Å². The molecular weight excluding hydrogens is 188 g/mol. The Hall–Kier alpha value is -1.38. The highest BCUT2D eigenvalue weighted by atomic mass is 16.1. The van der Waals surface area contributed by atoms with E-state index in [9.17, 15) is 4.79 Å². The van der Waals surface area contributed by atoms with Gasteiger partial charge >= 0.3 is 0 Å². The Morgan fingerprint density at radius 2 is 2.33 bits per heavy atom. The lowest BCUT2D eigenvalue weighted by Gasteiger charge is -2.17. The molecule has 15 heavy (non-hydrogen) atoms. The molecule has 1 aliphatic rings. The van der Waals surface area contributed by atoms with Gasteiger partial charge in [-0.25, -0.2) is 0 Å². The summed E-state index contributed by atoms with van der Waals surface area (Å²) in [4.78, 5) is 17.5. The van der Waals surface area contributed by atoms with Gasteiger partial charge in [-0.15, -0.1) is 0 Å². The summed E-state index contributed by atoms with van der Waals surface area (Å²) < 4.78 is 0. The van der Waals surface area contributed by atoms with Crippen molar-refractivity contribution >= 4 is 11.5 Å². The van der Waals surface area contributed by atoms with E-state index in [0.717, 1.165) is 24.7 Å². The van der Waals surface area contributed by atoms with E-state index in [1.54, 1.807) is 19.2 Å². The third kappa shape index (κ3) is 2.17. The van der Waals surface area contributed by atoms with Crippen LogP contribution < -0.4 is 4.90 Å². The first-order valence-electron chi connectivity index (χ1n) is 5.39. The second-order valence-electron chi connectivity index (χ2n) is 4.30. The van der Waals surface area contributed by atoms with E-state index in [1.165, 1.54) is 6.42 Å². The number of carbonyl (C=O) groups excluding carboxylic acids is 1. The zero-order valence-corrected chi connectivity index (χ0v) is 9.23. The van der Waals surface area contributed by atoms with E-state index in [1.807, 2.05) is 6.07 Å². The van der Waals surface area contributed by atoms with Gasteiger partial charge in [-0.1, -0.05) is 6.92 Å².